The zero-order valence-electron chi connectivity index (χ0n) is 9.94. The fourth-order valence-corrected chi connectivity index (χ4v) is 2.31. The molecule has 0 aliphatic heterocycles. The van der Waals surface area contributed by atoms with Gasteiger partial charge in [-0.2, -0.15) is 0 Å². The largest absolute Gasteiger partial charge is 0.392 e. The zero-order valence-corrected chi connectivity index (χ0v) is 11.5. The van der Waals surface area contributed by atoms with Crippen LogP contribution >= 0.6 is 15.9 Å². The van der Waals surface area contributed by atoms with Crippen molar-refractivity contribution in [3.8, 4) is 0 Å². The summed E-state index contributed by atoms with van der Waals surface area (Å²) in [4.78, 5) is 2.01. The number of hydrogen-bond acceptors (Lipinski definition) is 3. The molecule has 4 heteroatoms. The van der Waals surface area contributed by atoms with E-state index in [1.807, 2.05) is 37.1 Å². The third kappa shape index (κ3) is 3.47. The minimum Gasteiger partial charge on any atom is -0.392 e. The van der Waals surface area contributed by atoms with Crippen molar-refractivity contribution in [3.05, 3.63) is 28.2 Å². The van der Waals surface area contributed by atoms with Crippen LogP contribution < -0.4 is 10.6 Å². The number of rotatable bonds is 4. The number of benzene rings is 1. The lowest BCUT2D eigenvalue weighted by atomic mass is 10.1. The molecule has 2 atom stereocenters. The van der Waals surface area contributed by atoms with E-state index in [1.165, 1.54) is 0 Å². The van der Waals surface area contributed by atoms with Gasteiger partial charge in [-0.05, 0) is 47.5 Å². The summed E-state index contributed by atoms with van der Waals surface area (Å²) in [7, 11) is 1.96. The number of halogens is 1. The lowest BCUT2D eigenvalue weighted by Crippen LogP contribution is -2.27. The quantitative estimate of drug-likeness (QED) is 0.893. The van der Waals surface area contributed by atoms with Gasteiger partial charge in [0.05, 0.1) is 11.8 Å². The van der Waals surface area contributed by atoms with Crippen LogP contribution in [-0.4, -0.2) is 24.8 Å². The molecule has 0 radical (unpaired) electrons. The molecule has 0 bridgehead atoms. The number of anilines is 1. The standard InChI is InChI=1S/C12H19BrN2O/c1-8(16)7-15(3)12-5-4-10(9(2)14)6-11(12)13/h4-6,8-9,16H,7,14H2,1-3H3. The Morgan fingerprint density at radius 2 is 2.06 bits per heavy atom. The Labute approximate surface area is 105 Å². The Hall–Kier alpha value is -0.580. The summed E-state index contributed by atoms with van der Waals surface area (Å²) >= 11 is 3.53. The van der Waals surface area contributed by atoms with Gasteiger partial charge in [-0.25, -0.2) is 0 Å². The molecular formula is C12H19BrN2O. The van der Waals surface area contributed by atoms with Gasteiger partial charge >= 0.3 is 0 Å². The third-order valence-electron chi connectivity index (χ3n) is 2.45. The highest BCUT2D eigenvalue weighted by atomic mass is 79.9. The highest BCUT2D eigenvalue weighted by Crippen LogP contribution is 2.28. The zero-order chi connectivity index (χ0) is 12.3. The van der Waals surface area contributed by atoms with Crippen molar-refractivity contribution in [2.75, 3.05) is 18.5 Å². The molecule has 90 valence electrons. The molecule has 2 unspecified atom stereocenters. The lowest BCUT2D eigenvalue weighted by molar-refractivity contribution is 0.201. The summed E-state index contributed by atoms with van der Waals surface area (Å²) in [5, 5.41) is 9.34. The summed E-state index contributed by atoms with van der Waals surface area (Å²) < 4.78 is 1.01. The van der Waals surface area contributed by atoms with Crippen molar-refractivity contribution >= 4 is 21.6 Å². The fourth-order valence-electron chi connectivity index (χ4n) is 1.61. The van der Waals surface area contributed by atoms with Crippen LogP contribution in [0.3, 0.4) is 0 Å². The first-order valence-electron chi connectivity index (χ1n) is 5.36. The van der Waals surface area contributed by atoms with E-state index in [9.17, 15) is 5.11 Å². The van der Waals surface area contributed by atoms with Crippen LogP contribution in [0.4, 0.5) is 5.69 Å². The monoisotopic (exact) mass is 286 g/mol. The maximum atomic E-state index is 9.34. The van der Waals surface area contributed by atoms with Crippen LogP contribution in [0.2, 0.25) is 0 Å². The number of aliphatic hydroxyl groups excluding tert-OH is 1. The van der Waals surface area contributed by atoms with Gasteiger partial charge in [0.15, 0.2) is 0 Å². The molecule has 3 N–H and O–H groups in total. The van der Waals surface area contributed by atoms with Gasteiger partial charge in [-0.15, -0.1) is 0 Å². The smallest absolute Gasteiger partial charge is 0.0686 e. The Kier molecular flexibility index (Phi) is 4.77. The van der Waals surface area contributed by atoms with E-state index in [0.717, 1.165) is 15.7 Å². The molecule has 0 aromatic heterocycles. The Morgan fingerprint density at radius 3 is 2.50 bits per heavy atom. The van der Waals surface area contributed by atoms with Crippen LogP contribution in [0.1, 0.15) is 25.5 Å². The van der Waals surface area contributed by atoms with Crippen LogP contribution in [0.5, 0.6) is 0 Å². The molecule has 0 aliphatic rings. The molecule has 1 aromatic rings. The van der Waals surface area contributed by atoms with E-state index in [0.29, 0.717) is 6.54 Å². The molecule has 1 aromatic carbocycles. The molecule has 16 heavy (non-hydrogen) atoms. The highest BCUT2D eigenvalue weighted by Gasteiger charge is 2.09. The maximum Gasteiger partial charge on any atom is 0.0686 e. The highest BCUT2D eigenvalue weighted by molar-refractivity contribution is 9.10. The Balaban J connectivity index is 2.90. The van der Waals surface area contributed by atoms with Crippen LogP contribution in [0.25, 0.3) is 0 Å². The molecular weight excluding hydrogens is 268 g/mol. The molecule has 0 saturated carbocycles. The van der Waals surface area contributed by atoms with Gasteiger partial charge in [-0.3, -0.25) is 0 Å². The molecule has 0 heterocycles. The predicted molar refractivity (Wildman–Crippen MR) is 71.7 cm³/mol. The first kappa shape index (κ1) is 13.5. The van der Waals surface area contributed by atoms with Gasteiger partial charge in [-0.1, -0.05) is 6.07 Å². The second-order valence-corrected chi connectivity index (χ2v) is 5.08. The van der Waals surface area contributed by atoms with E-state index < -0.39 is 0 Å². The van der Waals surface area contributed by atoms with Gasteiger partial charge in [0.2, 0.25) is 0 Å². The molecule has 0 saturated heterocycles. The van der Waals surface area contributed by atoms with Crippen LogP contribution in [0.15, 0.2) is 22.7 Å². The molecule has 0 spiro atoms. The van der Waals surface area contributed by atoms with Crippen molar-refractivity contribution in [1.29, 1.82) is 0 Å². The summed E-state index contributed by atoms with van der Waals surface area (Å²) in [6, 6.07) is 6.10. The second-order valence-electron chi connectivity index (χ2n) is 4.23. The molecule has 0 aliphatic carbocycles. The van der Waals surface area contributed by atoms with Gasteiger partial charge in [0.25, 0.3) is 0 Å². The van der Waals surface area contributed by atoms with Crippen LogP contribution in [0, 0.1) is 0 Å². The number of aliphatic hydroxyl groups is 1. The van der Waals surface area contributed by atoms with Crippen molar-refractivity contribution in [3.63, 3.8) is 0 Å². The molecule has 0 fully saturated rings. The minimum absolute atomic E-state index is 0.0346. The minimum atomic E-state index is -0.343. The molecule has 3 nitrogen and oxygen atoms in total. The van der Waals surface area contributed by atoms with Crippen molar-refractivity contribution < 1.29 is 5.11 Å². The topological polar surface area (TPSA) is 49.5 Å². The van der Waals surface area contributed by atoms with E-state index in [4.69, 9.17) is 5.73 Å². The van der Waals surface area contributed by atoms with E-state index in [-0.39, 0.29) is 12.1 Å². The number of likely N-dealkylation sites (N-methyl/N-ethyl adjacent to an activating group) is 1. The van der Waals surface area contributed by atoms with Crippen molar-refractivity contribution in [1.82, 2.24) is 0 Å². The normalized spacial score (nSPS) is 14.6. The average Bonchev–Trinajstić information content (AvgIpc) is 2.15. The summed E-state index contributed by atoms with van der Waals surface area (Å²) in [6.45, 7) is 4.35. The lowest BCUT2D eigenvalue weighted by Gasteiger charge is -2.23. The maximum absolute atomic E-state index is 9.34. The Bertz CT molecular complexity index is 353. The average molecular weight is 287 g/mol. The first-order valence-corrected chi connectivity index (χ1v) is 6.15. The van der Waals surface area contributed by atoms with Gasteiger partial charge in [0, 0.05) is 24.1 Å². The fraction of sp³-hybridized carbons (Fsp3) is 0.500. The molecule has 0 amide bonds. The van der Waals surface area contributed by atoms with Gasteiger partial charge in [0.1, 0.15) is 0 Å². The number of hydrogen-bond donors (Lipinski definition) is 2. The summed E-state index contributed by atoms with van der Waals surface area (Å²) in [5.41, 5.74) is 7.97. The van der Waals surface area contributed by atoms with Crippen LogP contribution in [-0.2, 0) is 0 Å². The Morgan fingerprint density at radius 1 is 1.44 bits per heavy atom. The summed E-state index contributed by atoms with van der Waals surface area (Å²) in [6.07, 6.45) is -0.343. The number of nitrogens with two attached hydrogens (primary N) is 1. The van der Waals surface area contributed by atoms with Crippen molar-refractivity contribution in [2.24, 2.45) is 5.73 Å². The van der Waals surface area contributed by atoms with E-state index >= 15 is 0 Å². The summed E-state index contributed by atoms with van der Waals surface area (Å²) in [5.74, 6) is 0. The first-order chi connectivity index (χ1) is 7.41. The van der Waals surface area contributed by atoms with Crippen molar-refractivity contribution in [2.45, 2.75) is 26.0 Å². The third-order valence-corrected chi connectivity index (χ3v) is 3.08. The predicted octanol–water partition coefficient (Wildman–Crippen LogP) is 2.29. The number of nitrogens with zero attached hydrogens (tertiary/aromatic N) is 1. The SMILES string of the molecule is CC(O)CN(C)c1ccc(C(C)N)cc1Br. The second kappa shape index (κ2) is 5.66. The van der Waals surface area contributed by atoms with E-state index in [1.54, 1.807) is 6.92 Å². The van der Waals surface area contributed by atoms with Gasteiger partial charge < -0.3 is 15.7 Å². The molecule has 1 rings (SSSR count). The van der Waals surface area contributed by atoms with E-state index in [2.05, 4.69) is 15.9 Å².